The number of carboxylic acid groups (broad SMARTS) is 1. The third-order valence-corrected chi connectivity index (χ3v) is 5.10. The molecule has 3 aromatic carbocycles. The van der Waals surface area contributed by atoms with E-state index in [-0.39, 0.29) is 30.4 Å². The van der Waals surface area contributed by atoms with Crippen LogP contribution in [0.2, 0.25) is 0 Å². The lowest BCUT2D eigenvalue weighted by atomic mass is 9.98. The molecule has 29 heavy (non-hydrogen) atoms. The van der Waals surface area contributed by atoms with Gasteiger partial charge in [-0.25, -0.2) is 9.59 Å². The standard InChI is InChI=1S/C23H19NO5/c25-21-11-14(22(26)27)9-10-15(21)12-24-23(28)29-13-20-18-7-3-1-5-16(18)17-6-2-4-8-19(17)20/h1-11,20,25H,12-13H2,(H,24,28)(H,26,27). The zero-order valence-corrected chi connectivity index (χ0v) is 15.5. The lowest BCUT2D eigenvalue weighted by Gasteiger charge is -2.15. The van der Waals surface area contributed by atoms with Gasteiger partial charge in [-0.15, -0.1) is 0 Å². The number of alkyl carbamates (subject to hydrolysis) is 1. The summed E-state index contributed by atoms with van der Waals surface area (Å²) in [5, 5.41) is 21.4. The molecule has 0 heterocycles. The number of carboxylic acids is 1. The molecule has 0 bridgehead atoms. The average Bonchev–Trinajstić information content (AvgIpc) is 3.05. The van der Waals surface area contributed by atoms with Crippen LogP contribution in [0.3, 0.4) is 0 Å². The number of phenolic OH excluding ortho intramolecular Hbond substituents is 1. The molecule has 0 aliphatic heterocycles. The molecule has 0 saturated heterocycles. The summed E-state index contributed by atoms with van der Waals surface area (Å²) in [6.45, 7) is 0.228. The van der Waals surface area contributed by atoms with E-state index < -0.39 is 12.1 Å². The lowest BCUT2D eigenvalue weighted by molar-refractivity contribution is 0.0696. The maximum Gasteiger partial charge on any atom is 0.407 e. The Bertz CT molecular complexity index is 1050. The van der Waals surface area contributed by atoms with Crippen molar-refractivity contribution < 1.29 is 24.5 Å². The molecule has 0 atom stereocenters. The summed E-state index contributed by atoms with van der Waals surface area (Å²) in [5.41, 5.74) is 4.95. The quantitative estimate of drug-likeness (QED) is 0.610. The summed E-state index contributed by atoms with van der Waals surface area (Å²) >= 11 is 0. The van der Waals surface area contributed by atoms with Crippen LogP contribution in [0.1, 0.15) is 33.0 Å². The molecule has 3 aromatic rings. The van der Waals surface area contributed by atoms with E-state index in [1.165, 1.54) is 12.1 Å². The first-order valence-corrected chi connectivity index (χ1v) is 9.18. The summed E-state index contributed by atoms with van der Waals surface area (Å²) < 4.78 is 5.44. The number of hydrogen-bond acceptors (Lipinski definition) is 4. The Hall–Kier alpha value is -3.80. The Morgan fingerprint density at radius 3 is 2.14 bits per heavy atom. The summed E-state index contributed by atoms with van der Waals surface area (Å²) in [5.74, 6) is -1.35. The minimum atomic E-state index is -1.13. The molecule has 0 spiro atoms. The van der Waals surface area contributed by atoms with Gasteiger partial charge < -0.3 is 20.3 Å². The van der Waals surface area contributed by atoms with Crippen LogP contribution in [-0.2, 0) is 11.3 Å². The number of fused-ring (bicyclic) bond motifs is 3. The predicted octanol–water partition coefficient (Wildman–Crippen LogP) is 4.13. The fraction of sp³-hybridized carbons (Fsp3) is 0.130. The summed E-state index contributed by atoms with van der Waals surface area (Å²) in [6.07, 6.45) is -0.603. The first-order chi connectivity index (χ1) is 14.0. The Morgan fingerprint density at radius 2 is 1.55 bits per heavy atom. The molecule has 146 valence electrons. The SMILES string of the molecule is O=C(NCc1ccc(C(=O)O)cc1O)OCC1c2ccccc2-c2ccccc21. The second kappa shape index (κ2) is 7.67. The Kier molecular flexibility index (Phi) is 4.91. The van der Waals surface area contributed by atoms with E-state index >= 15 is 0 Å². The average molecular weight is 389 g/mol. The van der Waals surface area contributed by atoms with Gasteiger partial charge in [0.25, 0.3) is 0 Å². The van der Waals surface area contributed by atoms with Gasteiger partial charge in [-0.1, -0.05) is 54.6 Å². The number of aromatic carboxylic acids is 1. The van der Waals surface area contributed by atoms with Crippen molar-refractivity contribution in [1.29, 1.82) is 0 Å². The Balaban J connectivity index is 1.40. The molecule has 1 aliphatic rings. The number of hydrogen-bond donors (Lipinski definition) is 3. The highest BCUT2D eigenvalue weighted by Crippen LogP contribution is 2.44. The molecule has 6 nitrogen and oxygen atoms in total. The molecule has 1 amide bonds. The van der Waals surface area contributed by atoms with Crippen LogP contribution in [0, 0.1) is 0 Å². The number of benzene rings is 3. The van der Waals surface area contributed by atoms with E-state index in [0.717, 1.165) is 28.3 Å². The van der Waals surface area contributed by atoms with E-state index in [9.17, 15) is 14.7 Å². The predicted molar refractivity (Wildman–Crippen MR) is 107 cm³/mol. The summed E-state index contributed by atoms with van der Waals surface area (Å²) in [4.78, 5) is 23.1. The molecule has 1 aliphatic carbocycles. The van der Waals surface area contributed by atoms with Crippen molar-refractivity contribution in [2.75, 3.05) is 6.61 Å². The first-order valence-electron chi connectivity index (χ1n) is 9.18. The molecule has 4 rings (SSSR count). The van der Waals surface area contributed by atoms with E-state index in [0.29, 0.717) is 5.56 Å². The van der Waals surface area contributed by atoms with Crippen LogP contribution < -0.4 is 5.32 Å². The van der Waals surface area contributed by atoms with E-state index in [1.54, 1.807) is 0 Å². The fourth-order valence-corrected chi connectivity index (χ4v) is 3.66. The zero-order chi connectivity index (χ0) is 20.4. The minimum absolute atomic E-state index is 0.0209. The van der Waals surface area contributed by atoms with Gasteiger partial charge in [0.1, 0.15) is 12.4 Å². The largest absolute Gasteiger partial charge is 0.508 e. The molecule has 3 N–H and O–H groups in total. The van der Waals surface area contributed by atoms with Crippen LogP contribution in [0.4, 0.5) is 4.79 Å². The third-order valence-electron chi connectivity index (χ3n) is 5.10. The lowest BCUT2D eigenvalue weighted by Crippen LogP contribution is -2.25. The molecule has 6 heteroatoms. The van der Waals surface area contributed by atoms with Crippen molar-refractivity contribution in [2.45, 2.75) is 12.5 Å². The van der Waals surface area contributed by atoms with Crippen LogP contribution >= 0.6 is 0 Å². The van der Waals surface area contributed by atoms with Crippen molar-refractivity contribution in [3.05, 3.63) is 89.0 Å². The van der Waals surface area contributed by atoms with Gasteiger partial charge in [-0.3, -0.25) is 0 Å². The second-order valence-corrected chi connectivity index (χ2v) is 6.83. The van der Waals surface area contributed by atoms with E-state index in [4.69, 9.17) is 9.84 Å². The minimum Gasteiger partial charge on any atom is -0.508 e. The van der Waals surface area contributed by atoms with Crippen molar-refractivity contribution in [1.82, 2.24) is 5.32 Å². The highest BCUT2D eigenvalue weighted by Gasteiger charge is 2.28. The van der Waals surface area contributed by atoms with Gasteiger partial charge in [0.2, 0.25) is 0 Å². The Labute approximate surface area is 167 Å². The monoisotopic (exact) mass is 389 g/mol. The van der Waals surface area contributed by atoms with Gasteiger partial charge in [0, 0.05) is 18.0 Å². The number of aromatic hydroxyl groups is 1. The van der Waals surface area contributed by atoms with Gasteiger partial charge >= 0.3 is 12.1 Å². The molecule has 0 fully saturated rings. The van der Waals surface area contributed by atoms with Gasteiger partial charge in [0.05, 0.1) is 5.56 Å². The number of amides is 1. The first kappa shape index (κ1) is 18.6. The number of rotatable bonds is 5. The van der Waals surface area contributed by atoms with Crippen LogP contribution in [0.25, 0.3) is 11.1 Å². The number of carbonyl (C=O) groups is 2. The number of carbonyl (C=O) groups excluding carboxylic acids is 1. The maximum absolute atomic E-state index is 12.2. The Morgan fingerprint density at radius 1 is 0.931 bits per heavy atom. The van der Waals surface area contributed by atoms with Crippen LogP contribution in [0.15, 0.2) is 66.7 Å². The summed E-state index contributed by atoms with van der Waals surface area (Å²) in [7, 11) is 0. The molecule has 0 saturated carbocycles. The van der Waals surface area contributed by atoms with Gasteiger partial charge in [-0.05, 0) is 34.4 Å². The van der Waals surface area contributed by atoms with Crippen molar-refractivity contribution in [2.24, 2.45) is 0 Å². The number of nitrogens with one attached hydrogen (secondary N) is 1. The summed E-state index contributed by atoms with van der Waals surface area (Å²) in [6, 6.07) is 20.1. The highest BCUT2D eigenvalue weighted by atomic mass is 16.5. The molecular weight excluding hydrogens is 370 g/mol. The van der Waals surface area contributed by atoms with E-state index in [1.807, 2.05) is 36.4 Å². The molecule has 0 unspecified atom stereocenters. The normalized spacial score (nSPS) is 12.1. The van der Waals surface area contributed by atoms with Gasteiger partial charge in [-0.2, -0.15) is 0 Å². The third kappa shape index (κ3) is 3.65. The van der Waals surface area contributed by atoms with Crippen molar-refractivity contribution >= 4 is 12.1 Å². The van der Waals surface area contributed by atoms with Crippen LogP contribution in [0.5, 0.6) is 5.75 Å². The fourth-order valence-electron chi connectivity index (χ4n) is 3.66. The topological polar surface area (TPSA) is 95.9 Å². The van der Waals surface area contributed by atoms with Crippen molar-refractivity contribution in [3.8, 4) is 16.9 Å². The zero-order valence-electron chi connectivity index (χ0n) is 15.5. The smallest absolute Gasteiger partial charge is 0.407 e. The van der Waals surface area contributed by atoms with E-state index in [2.05, 4.69) is 17.4 Å². The maximum atomic E-state index is 12.2. The van der Waals surface area contributed by atoms with Gasteiger partial charge in [0.15, 0.2) is 0 Å². The molecule has 0 radical (unpaired) electrons. The number of ether oxygens (including phenoxy) is 1. The van der Waals surface area contributed by atoms with Crippen LogP contribution in [-0.4, -0.2) is 28.9 Å². The second-order valence-electron chi connectivity index (χ2n) is 6.83. The van der Waals surface area contributed by atoms with Crippen molar-refractivity contribution in [3.63, 3.8) is 0 Å². The molecule has 0 aromatic heterocycles. The highest BCUT2D eigenvalue weighted by molar-refractivity contribution is 5.88. The molecular formula is C23H19NO5. The number of phenols is 1.